The highest BCUT2D eigenvalue weighted by Gasteiger charge is 2.25. The third kappa shape index (κ3) is 3.18. The molecule has 0 bridgehead atoms. The van der Waals surface area contributed by atoms with E-state index in [4.69, 9.17) is 0 Å². The maximum absolute atomic E-state index is 9.96. The van der Waals surface area contributed by atoms with Crippen LogP contribution in [0.1, 0.15) is 11.1 Å². The average molecular weight is 579 g/mol. The van der Waals surface area contributed by atoms with Gasteiger partial charge in [-0.25, -0.2) is 0 Å². The van der Waals surface area contributed by atoms with E-state index in [9.17, 15) is 10.5 Å². The molecule has 10 aromatic carbocycles. The van der Waals surface area contributed by atoms with E-state index in [1.807, 2.05) is 36.4 Å². The first-order chi connectivity index (χ1) is 22.7. The summed E-state index contributed by atoms with van der Waals surface area (Å²) in [5.74, 6) is 0. The second-order valence-corrected chi connectivity index (χ2v) is 12.2. The van der Waals surface area contributed by atoms with Crippen molar-refractivity contribution in [2.24, 2.45) is 0 Å². The summed E-state index contributed by atoms with van der Waals surface area (Å²) in [7, 11) is 0. The Bertz CT molecular complexity index is 2790. The maximum atomic E-state index is 9.96. The van der Waals surface area contributed by atoms with Gasteiger partial charge in [0.15, 0.2) is 0 Å². The topological polar surface area (TPSA) is 47.6 Å². The zero-order chi connectivity index (χ0) is 30.5. The summed E-state index contributed by atoms with van der Waals surface area (Å²) in [4.78, 5) is 0. The summed E-state index contributed by atoms with van der Waals surface area (Å²) in [6, 6.07) is 51.9. The van der Waals surface area contributed by atoms with E-state index >= 15 is 0 Å². The van der Waals surface area contributed by atoms with Gasteiger partial charge in [0, 0.05) is 0 Å². The molecule has 0 unspecified atom stereocenters. The highest BCUT2D eigenvalue weighted by molar-refractivity contribution is 6.41. The number of hydrogen-bond donors (Lipinski definition) is 0. The van der Waals surface area contributed by atoms with Gasteiger partial charge in [0.1, 0.15) is 0 Å². The number of benzene rings is 8. The lowest BCUT2D eigenvalue weighted by Crippen LogP contribution is -1.91. The molecule has 0 radical (unpaired) electrons. The van der Waals surface area contributed by atoms with E-state index < -0.39 is 0 Å². The first kappa shape index (κ1) is 24.9. The summed E-state index contributed by atoms with van der Waals surface area (Å²) in [5, 5.41) is 36.9. The van der Waals surface area contributed by atoms with Gasteiger partial charge in [0.25, 0.3) is 0 Å². The monoisotopic (exact) mass is 578 g/mol. The van der Waals surface area contributed by atoms with Crippen molar-refractivity contribution in [3.8, 4) is 34.4 Å². The van der Waals surface area contributed by atoms with E-state index in [2.05, 4.69) is 109 Å². The van der Waals surface area contributed by atoms with E-state index in [0.29, 0.717) is 11.1 Å². The molecule has 0 spiro atoms. The van der Waals surface area contributed by atoms with Crippen LogP contribution in [0.4, 0.5) is 0 Å². The molecule has 208 valence electrons. The van der Waals surface area contributed by atoms with Gasteiger partial charge in [0.2, 0.25) is 0 Å². The van der Waals surface area contributed by atoms with Crippen molar-refractivity contribution in [2.45, 2.75) is 0 Å². The Morgan fingerprint density at radius 3 is 1.15 bits per heavy atom. The quantitative estimate of drug-likeness (QED) is 0.205. The summed E-state index contributed by atoms with van der Waals surface area (Å²) < 4.78 is 0. The Labute approximate surface area is 264 Å². The van der Waals surface area contributed by atoms with Gasteiger partial charge in [-0.15, -0.1) is 0 Å². The Balaban J connectivity index is 1.55. The Morgan fingerprint density at radius 1 is 0.326 bits per heavy atom. The van der Waals surface area contributed by atoms with Crippen LogP contribution in [-0.2, 0) is 0 Å². The molecule has 0 aromatic heterocycles. The Hall–Kier alpha value is -6.48. The molecule has 0 fully saturated rings. The maximum Gasteiger partial charge on any atom is 0.0991 e. The molecular weight excluding hydrogens is 556 g/mol. The van der Waals surface area contributed by atoms with Crippen molar-refractivity contribution in [2.75, 3.05) is 0 Å². The molecule has 0 atom stereocenters. The zero-order valence-electron chi connectivity index (χ0n) is 24.6. The minimum atomic E-state index is 0.636. The van der Waals surface area contributed by atoms with Gasteiger partial charge in [-0.1, -0.05) is 97.1 Å². The molecule has 2 heteroatoms. The van der Waals surface area contributed by atoms with Gasteiger partial charge in [-0.2, -0.15) is 10.5 Å². The summed E-state index contributed by atoms with van der Waals surface area (Å²) >= 11 is 0. The first-order valence-electron chi connectivity index (χ1n) is 15.5. The molecule has 10 rings (SSSR count). The molecule has 0 aliphatic heterocycles. The number of hydrogen-bond acceptors (Lipinski definition) is 2. The fourth-order valence-corrected chi connectivity index (χ4v) is 8.15. The molecule has 0 saturated heterocycles. The SMILES string of the molecule is N#Cc1cccc(-c2c3cc4c(cc3c(-c3cccc(C#N)c3)c3c5cccc6cccc(c23)c65)c2cccc3cccc4c32)c1. The molecule has 0 amide bonds. The van der Waals surface area contributed by atoms with Gasteiger partial charge in [-0.05, 0) is 134 Å². The van der Waals surface area contributed by atoms with Crippen LogP contribution in [0.2, 0.25) is 0 Å². The summed E-state index contributed by atoms with van der Waals surface area (Å²) in [6.07, 6.45) is 0. The standard InChI is InChI=1S/C44H22N2/c45-23-25-7-1-13-29(19-25)41-37-21-35-31-15-3-9-27-10-4-16-32(39(27)31)36(35)22-38(37)42(30-14-2-8-26(20-30)24-46)44-34-18-6-12-28-11-5-17-33(40(28)34)43(41)44/h1-22H. The summed E-state index contributed by atoms with van der Waals surface area (Å²) in [6.45, 7) is 0. The van der Waals surface area contributed by atoms with Crippen LogP contribution in [0.15, 0.2) is 133 Å². The van der Waals surface area contributed by atoms with Crippen LogP contribution in [-0.4, -0.2) is 0 Å². The van der Waals surface area contributed by atoms with Gasteiger partial charge < -0.3 is 0 Å². The zero-order valence-corrected chi connectivity index (χ0v) is 24.6. The van der Waals surface area contributed by atoms with Crippen LogP contribution in [0.25, 0.3) is 97.7 Å². The van der Waals surface area contributed by atoms with E-state index in [0.717, 1.165) is 33.0 Å². The van der Waals surface area contributed by atoms with Crippen LogP contribution < -0.4 is 0 Å². The largest absolute Gasteiger partial charge is 0.192 e. The first-order valence-corrected chi connectivity index (χ1v) is 15.5. The van der Waals surface area contributed by atoms with Crippen molar-refractivity contribution >= 4 is 75.4 Å². The van der Waals surface area contributed by atoms with Crippen molar-refractivity contribution in [3.63, 3.8) is 0 Å². The molecule has 0 heterocycles. The smallest absolute Gasteiger partial charge is 0.0991 e. The van der Waals surface area contributed by atoms with E-state index in [-0.39, 0.29) is 0 Å². The minimum absolute atomic E-state index is 0.636. The molecule has 0 saturated carbocycles. The fourth-order valence-electron chi connectivity index (χ4n) is 8.15. The molecular formula is C44H22N2. The van der Waals surface area contributed by atoms with Gasteiger partial charge >= 0.3 is 0 Å². The molecule has 2 nitrogen and oxygen atoms in total. The van der Waals surface area contributed by atoms with Crippen molar-refractivity contribution in [3.05, 3.63) is 145 Å². The van der Waals surface area contributed by atoms with Crippen molar-refractivity contribution in [1.29, 1.82) is 10.5 Å². The van der Waals surface area contributed by atoms with E-state index in [1.165, 1.54) is 64.6 Å². The molecule has 0 aliphatic carbocycles. The number of fused-ring (bicyclic) bond motifs is 7. The van der Waals surface area contributed by atoms with Crippen LogP contribution in [0, 0.1) is 22.7 Å². The lowest BCUT2D eigenvalue weighted by Gasteiger charge is -2.17. The van der Waals surface area contributed by atoms with Crippen LogP contribution >= 0.6 is 0 Å². The second kappa shape index (κ2) is 9.02. The summed E-state index contributed by atoms with van der Waals surface area (Å²) in [5.41, 5.74) is 5.59. The highest BCUT2D eigenvalue weighted by atomic mass is 14.3. The lowest BCUT2D eigenvalue weighted by molar-refractivity contribution is 1.48. The van der Waals surface area contributed by atoms with Crippen LogP contribution in [0.5, 0.6) is 0 Å². The normalized spacial score (nSPS) is 11.9. The number of rotatable bonds is 2. The van der Waals surface area contributed by atoms with Crippen LogP contribution in [0.3, 0.4) is 0 Å². The van der Waals surface area contributed by atoms with Crippen molar-refractivity contribution < 1.29 is 0 Å². The molecule has 10 aromatic rings. The highest BCUT2D eigenvalue weighted by Crippen LogP contribution is 2.53. The molecule has 0 aliphatic rings. The number of nitrogens with zero attached hydrogens (tertiary/aromatic N) is 2. The Kier molecular flexibility index (Phi) is 4.89. The molecule has 46 heavy (non-hydrogen) atoms. The second-order valence-electron chi connectivity index (χ2n) is 12.2. The lowest BCUT2D eigenvalue weighted by atomic mass is 9.85. The minimum Gasteiger partial charge on any atom is -0.192 e. The van der Waals surface area contributed by atoms with E-state index in [1.54, 1.807) is 0 Å². The predicted molar refractivity (Wildman–Crippen MR) is 192 cm³/mol. The fraction of sp³-hybridized carbons (Fsp3) is 0. The molecule has 0 N–H and O–H groups in total. The third-order valence-corrected chi connectivity index (χ3v) is 9.94. The Morgan fingerprint density at radius 2 is 0.717 bits per heavy atom. The van der Waals surface area contributed by atoms with Gasteiger partial charge in [-0.3, -0.25) is 0 Å². The van der Waals surface area contributed by atoms with Crippen molar-refractivity contribution in [1.82, 2.24) is 0 Å². The third-order valence-electron chi connectivity index (χ3n) is 9.94. The average Bonchev–Trinajstić information content (AvgIpc) is 3.61. The predicted octanol–water partition coefficient (Wildman–Crippen LogP) is 11.7. The number of nitriles is 2. The van der Waals surface area contributed by atoms with Gasteiger partial charge in [0.05, 0.1) is 23.3 Å².